The van der Waals surface area contributed by atoms with Crippen molar-refractivity contribution in [3.63, 3.8) is 0 Å². The Balaban J connectivity index is 0.00000400. The van der Waals surface area contributed by atoms with Gasteiger partial charge in [-0.1, -0.05) is 19.6 Å². The molecule has 2 N–H and O–H groups in total. The van der Waals surface area contributed by atoms with E-state index in [0.29, 0.717) is 31.9 Å². The van der Waals surface area contributed by atoms with Gasteiger partial charge in [0.1, 0.15) is 0 Å². The molecule has 0 spiro atoms. The summed E-state index contributed by atoms with van der Waals surface area (Å²) in [5.74, 6) is -0.507. The number of carbonyl (C=O) groups is 2. The first-order valence-electron chi connectivity index (χ1n) is 7.41. The molecule has 0 bridgehead atoms. The van der Waals surface area contributed by atoms with Crippen LogP contribution in [0, 0.1) is 11.8 Å². The van der Waals surface area contributed by atoms with Crippen molar-refractivity contribution in [1.82, 2.24) is 5.32 Å². The molecule has 1 rings (SSSR count). The molecular weight excluding hydrogens is 313 g/mol. The molecule has 21 heavy (non-hydrogen) atoms. The Morgan fingerprint density at radius 2 is 1.76 bits per heavy atom. The molecule has 0 unspecified atom stereocenters. The molecule has 0 radical (unpaired) electrons. The molecule has 0 aromatic carbocycles. The van der Waals surface area contributed by atoms with Gasteiger partial charge in [-0.3, -0.25) is 4.79 Å². The number of ether oxygens (including phenoxy) is 1. The minimum atomic E-state index is -1.16. The number of aliphatic carboxylic acids is 1. The van der Waals surface area contributed by atoms with E-state index in [2.05, 4.69) is 25.0 Å². The molecule has 0 aromatic rings. The average Bonchev–Trinajstić information content (AvgIpc) is 2.35. The molecule has 0 heterocycles. The van der Waals surface area contributed by atoms with Crippen LogP contribution in [0.5, 0.6) is 0 Å². The average molecular weight is 342 g/mol. The van der Waals surface area contributed by atoms with Crippen molar-refractivity contribution in [2.24, 2.45) is 11.8 Å². The van der Waals surface area contributed by atoms with E-state index in [1.165, 1.54) is 0 Å². The van der Waals surface area contributed by atoms with Gasteiger partial charge in [-0.05, 0) is 37.6 Å². The summed E-state index contributed by atoms with van der Waals surface area (Å²) in [6.45, 7) is 7.82. The van der Waals surface area contributed by atoms with Gasteiger partial charge in [0.05, 0.1) is 12.5 Å². The molecular formula is C14H28KNO4Si. The fourth-order valence-corrected chi connectivity index (χ4v) is 3.06. The van der Waals surface area contributed by atoms with Crippen LogP contribution in [0.2, 0.25) is 25.7 Å². The van der Waals surface area contributed by atoms with Crippen LogP contribution in [0.25, 0.3) is 0 Å². The van der Waals surface area contributed by atoms with Gasteiger partial charge in [0, 0.05) is 14.6 Å². The number of nitrogens with one attached hydrogen (secondary N) is 1. The first kappa shape index (κ1) is 21.6. The Labute approximate surface area is 171 Å². The van der Waals surface area contributed by atoms with Crippen molar-refractivity contribution in [2.75, 3.05) is 13.2 Å². The second-order valence-corrected chi connectivity index (χ2v) is 12.5. The Morgan fingerprint density at radius 3 is 2.24 bits per heavy atom. The molecule has 1 amide bonds. The van der Waals surface area contributed by atoms with E-state index in [1.807, 2.05) is 0 Å². The molecule has 0 aromatic heterocycles. The predicted molar refractivity (Wildman–Crippen MR) is 87.7 cm³/mol. The van der Waals surface area contributed by atoms with E-state index in [1.54, 1.807) is 0 Å². The van der Waals surface area contributed by atoms with E-state index in [4.69, 9.17) is 9.84 Å². The fraction of sp³-hybridized carbons (Fsp3) is 0.857. The van der Waals surface area contributed by atoms with Crippen LogP contribution in [0.1, 0.15) is 25.7 Å². The van der Waals surface area contributed by atoms with E-state index >= 15 is 0 Å². The molecule has 0 saturated heterocycles. The van der Waals surface area contributed by atoms with Gasteiger partial charge in [-0.15, -0.1) is 0 Å². The van der Waals surface area contributed by atoms with Crippen LogP contribution >= 0.6 is 0 Å². The molecule has 7 heteroatoms. The zero-order valence-electron chi connectivity index (χ0n) is 12.8. The van der Waals surface area contributed by atoms with Crippen molar-refractivity contribution < 1.29 is 19.4 Å². The summed E-state index contributed by atoms with van der Waals surface area (Å²) >= 11 is 0. The summed E-state index contributed by atoms with van der Waals surface area (Å²) in [7, 11) is -1.16. The van der Waals surface area contributed by atoms with Crippen molar-refractivity contribution in [1.29, 1.82) is 0 Å². The second-order valence-electron chi connectivity index (χ2n) is 6.88. The number of carboxylic acid groups (broad SMARTS) is 1. The van der Waals surface area contributed by atoms with Crippen LogP contribution in [0.4, 0.5) is 4.79 Å². The van der Waals surface area contributed by atoms with Crippen molar-refractivity contribution in [3.05, 3.63) is 0 Å². The molecule has 1 aliphatic carbocycles. The summed E-state index contributed by atoms with van der Waals surface area (Å²) < 4.78 is 5.16. The zero-order valence-corrected chi connectivity index (χ0v) is 13.8. The van der Waals surface area contributed by atoms with E-state index in [-0.39, 0.29) is 63.4 Å². The molecule has 1 saturated carbocycles. The second kappa shape index (κ2) is 10.4. The number of hydrogen-bond acceptors (Lipinski definition) is 3. The zero-order chi connectivity index (χ0) is 15.2. The van der Waals surface area contributed by atoms with Gasteiger partial charge < -0.3 is 15.2 Å². The Kier molecular flexibility index (Phi) is 10.7. The Hall–Kier alpha value is 0.593. The molecule has 0 aliphatic heterocycles. The number of carboxylic acids is 1. The first-order valence-corrected chi connectivity index (χ1v) is 11.1. The summed E-state index contributed by atoms with van der Waals surface area (Å²) in [6.07, 6.45) is 2.82. The first-order chi connectivity index (χ1) is 9.28. The Morgan fingerprint density at radius 1 is 1.19 bits per heavy atom. The van der Waals surface area contributed by atoms with Gasteiger partial charge in [-0.25, -0.2) is 4.79 Å². The van der Waals surface area contributed by atoms with Gasteiger partial charge >= 0.3 is 63.4 Å². The van der Waals surface area contributed by atoms with Gasteiger partial charge in [0.25, 0.3) is 0 Å². The number of amides is 1. The third kappa shape index (κ3) is 10.1. The normalized spacial score (nSPS) is 22.0. The topological polar surface area (TPSA) is 75.6 Å². The SMILES string of the molecule is C[Si](C)(C)CCOC(=O)NCC1CCC(C(=O)O)CC1.[KH]. The third-order valence-electron chi connectivity index (χ3n) is 3.82. The summed E-state index contributed by atoms with van der Waals surface area (Å²) in [5, 5.41) is 11.7. The van der Waals surface area contributed by atoms with Gasteiger partial charge in [0.15, 0.2) is 0 Å². The molecule has 1 aliphatic rings. The summed E-state index contributed by atoms with van der Waals surface area (Å²) in [6, 6.07) is 0.976. The number of carbonyl (C=O) groups excluding carboxylic acids is 1. The maximum absolute atomic E-state index is 11.5. The quantitative estimate of drug-likeness (QED) is 0.727. The fourth-order valence-electron chi connectivity index (χ4n) is 2.34. The van der Waals surface area contributed by atoms with Crippen LogP contribution in [0.3, 0.4) is 0 Å². The number of alkyl carbamates (subject to hydrolysis) is 1. The molecule has 118 valence electrons. The van der Waals surface area contributed by atoms with Crippen molar-refractivity contribution >= 4 is 71.5 Å². The Bertz CT molecular complexity index is 338. The molecule has 0 atom stereocenters. The monoisotopic (exact) mass is 341 g/mol. The van der Waals surface area contributed by atoms with E-state index in [0.717, 1.165) is 18.9 Å². The molecule has 1 fully saturated rings. The molecule has 5 nitrogen and oxygen atoms in total. The van der Waals surface area contributed by atoms with Gasteiger partial charge in [-0.2, -0.15) is 0 Å². The van der Waals surface area contributed by atoms with Crippen LogP contribution in [-0.2, 0) is 9.53 Å². The van der Waals surface area contributed by atoms with Crippen molar-refractivity contribution in [2.45, 2.75) is 51.4 Å². The van der Waals surface area contributed by atoms with E-state index in [9.17, 15) is 9.59 Å². The summed E-state index contributed by atoms with van der Waals surface area (Å²) in [5.41, 5.74) is 0. The maximum atomic E-state index is 11.5. The van der Waals surface area contributed by atoms with Crippen LogP contribution in [-0.4, -0.2) is 89.8 Å². The number of hydrogen-bond donors (Lipinski definition) is 2. The predicted octanol–water partition coefficient (Wildman–Crippen LogP) is 2.29. The van der Waals surface area contributed by atoms with E-state index < -0.39 is 14.0 Å². The summed E-state index contributed by atoms with van der Waals surface area (Å²) in [4.78, 5) is 22.4. The van der Waals surface area contributed by atoms with Crippen LogP contribution < -0.4 is 5.32 Å². The standard InChI is InChI=1S/C14H27NO4Si.K.H/c1-20(2,3)9-8-19-14(18)15-10-11-4-6-12(7-5-11)13(16)17;;/h11-12H,4-10H2,1-3H3,(H,15,18)(H,16,17);;. The number of rotatable bonds is 6. The van der Waals surface area contributed by atoms with Crippen LogP contribution in [0.15, 0.2) is 0 Å². The van der Waals surface area contributed by atoms with Gasteiger partial charge in [0.2, 0.25) is 0 Å². The minimum absolute atomic E-state index is 0. The van der Waals surface area contributed by atoms with Crippen molar-refractivity contribution in [3.8, 4) is 0 Å². The third-order valence-corrected chi connectivity index (χ3v) is 5.52.